The minimum absolute atomic E-state index is 0.0442. The lowest BCUT2D eigenvalue weighted by Gasteiger charge is -2.41. The van der Waals surface area contributed by atoms with Gasteiger partial charge in [-0.05, 0) is 109 Å². The quantitative estimate of drug-likeness (QED) is 0.0985. The molecule has 0 aromatic heterocycles. The van der Waals surface area contributed by atoms with Gasteiger partial charge in [-0.2, -0.15) is 0 Å². The smallest absolute Gasteiger partial charge is 0.349 e. The largest absolute Gasteiger partial charge is 0.465 e. The molecule has 0 saturated carbocycles. The van der Waals surface area contributed by atoms with Gasteiger partial charge in [0.05, 0.1) is 12.0 Å². The molecule has 39 heavy (non-hydrogen) atoms. The number of allylic oxidation sites excluding steroid dienone is 2. The first kappa shape index (κ1) is 35.7. The molecule has 1 aromatic rings. The highest BCUT2D eigenvalue weighted by Gasteiger charge is 2.44. The maximum atomic E-state index is 13.1. The average molecular weight is 632 g/mol. The Morgan fingerprint density at radius 3 is 1.92 bits per heavy atom. The van der Waals surface area contributed by atoms with Gasteiger partial charge in [-0.3, -0.25) is 0 Å². The molecule has 1 rings (SSSR count). The molecule has 0 aliphatic heterocycles. The summed E-state index contributed by atoms with van der Waals surface area (Å²) in [5, 5.41) is 0. The van der Waals surface area contributed by atoms with Crippen molar-refractivity contribution in [1.29, 1.82) is 0 Å². The van der Waals surface area contributed by atoms with E-state index in [0.717, 1.165) is 18.0 Å². The molecule has 0 fully saturated rings. The first-order chi connectivity index (χ1) is 17.6. The predicted molar refractivity (Wildman–Crippen MR) is 169 cm³/mol. The maximum Gasteiger partial charge on any atom is 0.349 e. The lowest BCUT2D eigenvalue weighted by molar-refractivity contribution is -0.135. The zero-order valence-corrected chi connectivity index (χ0v) is 30.7. The van der Waals surface area contributed by atoms with Crippen LogP contribution in [0.4, 0.5) is 0 Å². The van der Waals surface area contributed by atoms with Gasteiger partial charge >= 0.3 is 23.1 Å². The van der Waals surface area contributed by atoms with Crippen LogP contribution in [-0.4, -0.2) is 73.7 Å². The van der Waals surface area contributed by atoms with Gasteiger partial charge < -0.3 is 22.0 Å². The number of nitrogens with zero attached hydrogens (tertiary/aromatic N) is 1. The summed E-state index contributed by atoms with van der Waals surface area (Å²) >= 11 is 0. The number of methoxy groups -OCH3 is 1. The van der Waals surface area contributed by atoms with E-state index in [0.29, 0.717) is 6.54 Å². The van der Waals surface area contributed by atoms with E-state index in [1.165, 1.54) is 25.3 Å². The summed E-state index contributed by atoms with van der Waals surface area (Å²) in [6.07, 6.45) is 5.43. The predicted octanol–water partition coefficient (Wildman–Crippen LogP) is 6.15. The molecule has 1 unspecified atom stereocenters. The first-order valence-electron chi connectivity index (χ1n) is 13.2. The van der Waals surface area contributed by atoms with Crippen molar-refractivity contribution < 1.29 is 30.3 Å². The molecule has 0 aliphatic rings. The molecule has 0 spiro atoms. The highest BCUT2D eigenvalue weighted by molar-refractivity contribution is 7.96. The molecule has 1 atom stereocenters. The van der Waals surface area contributed by atoms with Gasteiger partial charge in [0.15, 0.2) is 21.5 Å². The van der Waals surface area contributed by atoms with Crippen molar-refractivity contribution in [3.05, 3.63) is 53.1 Å². The number of ether oxygens (including phenoxy) is 1. The van der Waals surface area contributed by atoms with E-state index in [2.05, 4.69) is 58.9 Å². The second-order valence-corrected chi connectivity index (χ2v) is 30.7. The molecule has 0 bridgehead atoms. The minimum Gasteiger partial charge on any atom is -0.465 e. The average Bonchev–Trinajstić information content (AvgIpc) is 2.72. The zero-order chi connectivity index (χ0) is 30.3. The Kier molecular flexibility index (Phi) is 12.8. The van der Waals surface area contributed by atoms with Crippen LogP contribution in [0.15, 0.2) is 52.4 Å². The van der Waals surface area contributed by atoms with E-state index < -0.39 is 54.5 Å². The van der Waals surface area contributed by atoms with E-state index in [9.17, 15) is 13.2 Å². The molecule has 222 valence electrons. The number of hydrogen-bond donors (Lipinski definition) is 0. The van der Waals surface area contributed by atoms with E-state index in [-0.39, 0.29) is 4.90 Å². The summed E-state index contributed by atoms with van der Waals surface area (Å²) < 4.78 is 50.7. The van der Waals surface area contributed by atoms with E-state index in [4.69, 9.17) is 17.1 Å². The van der Waals surface area contributed by atoms with Crippen LogP contribution in [0.5, 0.6) is 0 Å². The summed E-state index contributed by atoms with van der Waals surface area (Å²) in [7, 11) is -9.42. The number of hydrogen-bond acceptors (Lipinski definition) is 8. The van der Waals surface area contributed by atoms with Crippen molar-refractivity contribution in [2.75, 3.05) is 20.7 Å². The van der Waals surface area contributed by atoms with E-state index in [1.54, 1.807) is 24.4 Å². The van der Waals surface area contributed by atoms with Crippen LogP contribution in [0.25, 0.3) is 0 Å². The number of rotatable bonds is 15. The molecule has 0 amide bonds. The highest BCUT2D eigenvalue weighted by atomic mass is 32.2. The van der Waals surface area contributed by atoms with E-state index in [1.807, 2.05) is 18.9 Å². The number of carbonyl (C=O) groups excluding carboxylic acids is 1. The lowest BCUT2D eigenvalue weighted by Crippen LogP contribution is -2.56. The second kappa shape index (κ2) is 14.0. The SMILES string of the molecule is COC(=O)C(=CC=CN(C)CCC[Si](C)(O[Si](C)(C)C)O[Si](C)(C)O[Si](C)(C)C)S(=O)(=O)c1ccc(C)cc1. The van der Waals surface area contributed by atoms with Crippen LogP contribution in [0.3, 0.4) is 0 Å². The molecule has 0 aliphatic carbocycles. The summed E-state index contributed by atoms with van der Waals surface area (Å²) in [6, 6.07) is 7.17. The molecule has 0 saturated heterocycles. The fraction of sp³-hybridized carbons (Fsp3) is 0.577. The Balaban J connectivity index is 2.99. The van der Waals surface area contributed by atoms with Crippen molar-refractivity contribution in [3.63, 3.8) is 0 Å². The van der Waals surface area contributed by atoms with Crippen LogP contribution in [-0.2, 0) is 31.7 Å². The van der Waals surface area contributed by atoms with Gasteiger partial charge in [0.2, 0.25) is 9.84 Å². The van der Waals surface area contributed by atoms with Crippen molar-refractivity contribution >= 4 is 49.6 Å². The third kappa shape index (κ3) is 13.3. The standard InChI is InChI=1S/C26H49NO7SSi4/c1-23-16-18-24(19-17-23)35(29,30)25(26(28)31-3)15-13-20-27(2)21-14-22-39(12,33-37(7,8)9)34-38(10,11)32-36(4,5)6/h13,15-20H,14,21-22H2,1-12H3. The summed E-state index contributed by atoms with van der Waals surface area (Å²) in [6.45, 7) is 22.0. The van der Waals surface area contributed by atoms with Gasteiger partial charge in [-0.25, -0.2) is 13.2 Å². The maximum absolute atomic E-state index is 13.1. The van der Waals surface area contributed by atoms with E-state index >= 15 is 0 Å². The van der Waals surface area contributed by atoms with Crippen LogP contribution in [0, 0.1) is 6.92 Å². The lowest BCUT2D eigenvalue weighted by atomic mass is 10.2. The number of esters is 1. The monoisotopic (exact) mass is 631 g/mol. The minimum atomic E-state index is -4.02. The summed E-state index contributed by atoms with van der Waals surface area (Å²) in [5.41, 5.74) is 0.924. The Hall–Kier alpha value is -1.33. The van der Waals surface area contributed by atoms with Crippen molar-refractivity contribution in [2.24, 2.45) is 0 Å². The topological polar surface area (TPSA) is 91.4 Å². The van der Waals surface area contributed by atoms with Crippen molar-refractivity contribution in [1.82, 2.24) is 4.90 Å². The van der Waals surface area contributed by atoms with Gasteiger partial charge in [0, 0.05) is 13.6 Å². The van der Waals surface area contributed by atoms with Gasteiger partial charge in [0.1, 0.15) is 0 Å². The molecule has 0 radical (unpaired) electrons. The molecule has 1 aromatic carbocycles. The number of carbonyl (C=O) groups is 1. The first-order valence-corrected chi connectivity index (χ1v) is 26.8. The molecule has 8 nitrogen and oxygen atoms in total. The number of aryl methyl sites for hydroxylation is 1. The Labute approximate surface area is 241 Å². The van der Waals surface area contributed by atoms with Crippen LogP contribution >= 0.6 is 0 Å². The van der Waals surface area contributed by atoms with Gasteiger partial charge in [0.25, 0.3) is 0 Å². The molecule has 0 N–H and O–H groups in total. The van der Waals surface area contributed by atoms with Crippen LogP contribution in [0.2, 0.25) is 65.0 Å². The van der Waals surface area contributed by atoms with Crippen LogP contribution in [0.1, 0.15) is 12.0 Å². The molecular formula is C26H49NO7SSi4. The second-order valence-electron chi connectivity index (χ2n) is 12.3. The zero-order valence-electron chi connectivity index (χ0n) is 25.9. The number of sulfone groups is 1. The fourth-order valence-corrected chi connectivity index (χ4v) is 23.5. The molecular weight excluding hydrogens is 583 g/mol. The van der Waals surface area contributed by atoms with Crippen molar-refractivity contribution in [3.8, 4) is 0 Å². The fourth-order valence-electron chi connectivity index (χ4n) is 4.26. The number of benzene rings is 1. The molecule has 13 heteroatoms. The third-order valence-corrected chi connectivity index (χ3v) is 20.6. The van der Waals surface area contributed by atoms with Crippen molar-refractivity contribution in [2.45, 2.75) is 83.2 Å². The third-order valence-electron chi connectivity index (χ3n) is 5.27. The Bertz CT molecular complexity index is 1120. The normalized spacial score (nSPS) is 15.3. The Morgan fingerprint density at radius 2 is 1.44 bits per heavy atom. The summed E-state index contributed by atoms with van der Waals surface area (Å²) in [4.78, 5) is 13.9. The van der Waals surface area contributed by atoms with Crippen LogP contribution < -0.4 is 0 Å². The Morgan fingerprint density at radius 1 is 0.897 bits per heavy atom. The summed E-state index contributed by atoms with van der Waals surface area (Å²) in [5.74, 6) is -0.905. The highest BCUT2D eigenvalue weighted by Crippen LogP contribution is 2.28. The van der Waals surface area contributed by atoms with Gasteiger partial charge in [-0.1, -0.05) is 17.7 Å². The van der Waals surface area contributed by atoms with Gasteiger partial charge in [-0.15, -0.1) is 0 Å². The molecule has 0 heterocycles.